The molecule has 0 aliphatic heterocycles. The molecule has 0 amide bonds. The molecule has 0 bridgehead atoms. The summed E-state index contributed by atoms with van der Waals surface area (Å²) in [6.45, 7) is 28.6. The molecule has 45 heavy (non-hydrogen) atoms. The van der Waals surface area contributed by atoms with Gasteiger partial charge in [-0.3, -0.25) is 0 Å². The Bertz CT molecular complexity index is 851. The first kappa shape index (κ1) is 42.1. The van der Waals surface area contributed by atoms with E-state index in [2.05, 4.69) is 112 Å². The summed E-state index contributed by atoms with van der Waals surface area (Å²) in [6.07, 6.45) is 29.9. The van der Waals surface area contributed by atoms with E-state index in [4.69, 9.17) is 6.42 Å². The molecule has 0 spiro atoms. The zero-order chi connectivity index (χ0) is 34.2. The first-order chi connectivity index (χ1) is 20.9. The lowest BCUT2D eigenvalue weighted by Gasteiger charge is -2.35. The van der Waals surface area contributed by atoms with Gasteiger partial charge in [0.05, 0.1) is 0 Å². The van der Waals surface area contributed by atoms with Gasteiger partial charge in [0.25, 0.3) is 0 Å². The molecule has 0 aromatic rings. The van der Waals surface area contributed by atoms with Gasteiger partial charge in [0.1, 0.15) is 17.6 Å². The summed E-state index contributed by atoms with van der Waals surface area (Å²) in [6, 6.07) is 0. The van der Waals surface area contributed by atoms with Gasteiger partial charge in [-0.2, -0.15) is 0 Å². The zero-order valence-corrected chi connectivity index (χ0v) is 35.0. The minimum Gasteiger partial charge on any atom is -0.134 e. The molecule has 3 fully saturated rings. The Labute approximate surface area is 288 Å². The Hall–Kier alpha value is -0.886. The van der Waals surface area contributed by atoms with Gasteiger partial charge in [-0.25, -0.2) is 0 Å². The molecule has 0 N–H and O–H groups in total. The molecule has 0 unspecified atom stereocenters. The summed E-state index contributed by atoms with van der Waals surface area (Å²) in [5.41, 5.74) is 7.47. The topological polar surface area (TPSA) is 0 Å². The lowest BCUT2D eigenvalue weighted by atomic mass is 9.87. The van der Waals surface area contributed by atoms with Gasteiger partial charge in [-0.15, -0.1) is 35.3 Å². The Kier molecular flexibility index (Phi) is 19.2. The highest BCUT2D eigenvalue weighted by molar-refractivity contribution is 6.73. The third-order valence-corrected chi connectivity index (χ3v) is 18.2. The van der Waals surface area contributed by atoms with Crippen LogP contribution in [0.2, 0.25) is 20.2 Å². The van der Waals surface area contributed by atoms with Crippen molar-refractivity contribution in [1.82, 2.24) is 0 Å². The second-order valence-electron chi connectivity index (χ2n) is 19.3. The molecule has 3 saturated carbocycles. The predicted molar refractivity (Wildman–Crippen MR) is 211 cm³/mol. The highest BCUT2D eigenvalue weighted by Gasteiger charge is 2.36. The monoisotopic (exact) mass is 651 g/mol. The van der Waals surface area contributed by atoms with E-state index in [1.165, 1.54) is 96.3 Å². The van der Waals surface area contributed by atoms with E-state index in [-0.39, 0.29) is 0 Å². The highest BCUT2D eigenvalue weighted by atomic mass is 28.3. The molecule has 0 nitrogen and oxygen atoms in total. The van der Waals surface area contributed by atoms with Crippen molar-refractivity contribution in [2.75, 3.05) is 0 Å². The van der Waals surface area contributed by atoms with Crippen LogP contribution in [0.25, 0.3) is 0 Å². The number of rotatable bonds is 3. The molecule has 0 radical (unpaired) electrons. The predicted octanol–water partition coefficient (Wildman–Crippen LogP) is 13.2. The molecular formula is C43H78Si2. The van der Waals surface area contributed by atoms with Crippen molar-refractivity contribution in [1.29, 1.82) is 0 Å². The van der Waals surface area contributed by atoms with Gasteiger partial charge in [-0.05, 0) is 76.4 Å². The van der Waals surface area contributed by atoms with E-state index in [1.54, 1.807) is 0 Å². The zero-order valence-electron chi connectivity index (χ0n) is 32.7. The third kappa shape index (κ3) is 18.9. The average molecular weight is 651 g/mol. The first-order valence-electron chi connectivity index (χ1n) is 19.3. The van der Waals surface area contributed by atoms with Crippen LogP contribution in [0.3, 0.4) is 0 Å². The average Bonchev–Trinajstić information content (AvgIpc) is 2.93. The Balaban J connectivity index is 0.000000356. The van der Waals surface area contributed by atoms with Crippen molar-refractivity contribution in [3.05, 3.63) is 0 Å². The highest BCUT2D eigenvalue weighted by Crippen LogP contribution is 2.42. The van der Waals surface area contributed by atoms with E-state index >= 15 is 0 Å². The normalized spacial score (nSPS) is 19.1. The number of hydrogen-bond acceptors (Lipinski definition) is 0. The smallest absolute Gasteiger partial charge is 0.133 e. The minimum atomic E-state index is -1.04. The Morgan fingerprint density at radius 2 is 0.667 bits per heavy atom. The molecule has 258 valence electrons. The fourth-order valence-corrected chi connectivity index (χ4v) is 16.0. The Morgan fingerprint density at radius 3 is 0.889 bits per heavy atom. The van der Waals surface area contributed by atoms with Crippen molar-refractivity contribution in [2.45, 2.75) is 219 Å². The molecule has 3 rings (SSSR count). The van der Waals surface area contributed by atoms with Crippen molar-refractivity contribution < 1.29 is 0 Å². The molecule has 2 heteroatoms. The molecule has 3 aliphatic carbocycles. The molecule has 0 heterocycles. The van der Waals surface area contributed by atoms with E-state index < -0.39 is 17.6 Å². The van der Waals surface area contributed by atoms with Crippen LogP contribution in [0.15, 0.2) is 0 Å². The van der Waals surface area contributed by atoms with Crippen LogP contribution < -0.4 is 0 Å². The molecule has 0 saturated heterocycles. The van der Waals surface area contributed by atoms with Gasteiger partial charge in [0.15, 0.2) is 0 Å². The largest absolute Gasteiger partial charge is 0.134 e. The van der Waals surface area contributed by atoms with Crippen LogP contribution in [-0.4, -0.2) is 17.6 Å². The minimum absolute atomic E-state index is 0.414. The van der Waals surface area contributed by atoms with Crippen LogP contribution in [-0.2, 0) is 0 Å². The standard InChI is InChI=1S/2C17H32Si.C9H14/c2*1-16(2,3)18(17(4,5)6)14-10-13-15-11-8-7-9-12-15;1-2-6-9-7-4-3-5-8-9/h2*15,18H,7-9,11-13H2,1-6H3;1,9H,3-8H2. The first-order valence-corrected chi connectivity index (χ1v) is 22.7. The fourth-order valence-electron chi connectivity index (χ4n) is 8.42. The van der Waals surface area contributed by atoms with E-state index in [9.17, 15) is 0 Å². The van der Waals surface area contributed by atoms with Crippen LogP contribution >= 0.6 is 0 Å². The van der Waals surface area contributed by atoms with E-state index in [1.807, 2.05) is 0 Å². The quantitative estimate of drug-likeness (QED) is 0.211. The van der Waals surface area contributed by atoms with Crippen LogP contribution in [0, 0.1) is 53.0 Å². The molecular weight excluding hydrogens is 573 g/mol. The van der Waals surface area contributed by atoms with Gasteiger partial charge in [-0.1, -0.05) is 141 Å². The maximum atomic E-state index is 5.21. The van der Waals surface area contributed by atoms with Gasteiger partial charge in [0.2, 0.25) is 0 Å². The lowest BCUT2D eigenvalue weighted by molar-refractivity contribution is 0.365. The molecule has 0 aromatic carbocycles. The fraction of sp³-hybridized carbons (Fsp3) is 0.860. The summed E-state index contributed by atoms with van der Waals surface area (Å²) >= 11 is 0. The van der Waals surface area contributed by atoms with Crippen LogP contribution in [0.5, 0.6) is 0 Å². The number of hydrogen-bond donors (Lipinski definition) is 0. The van der Waals surface area contributed by atoms with Crippen LogP contribution in [0.4, 0.5) is 0 Å². The van der Waals surface area contributed by atoms with Crippen molar-refractivity contribution in [2.24, 2.45) is 17.8 Å². The summed E-state index contributed by atoms with van der Waals surface area (Å²) in [7, 11) is -2.09. The maximum absolute atomic E-state index is 5.21. The second-order valence-corrected chi connectivity index (χ2v) is 28.5. The van der Waals surface area contributed by atoms with Gasteiger partial charge >= 0.3 is 0 Å². The van der Waals surface area contributed by atoms with Crippen molar-refractivity contribution >= 4 is 17.6 Å². The summed E-state index contributed by atoms with van der Waals surface area (Å²) in [5.74, 6) is 12.6. The summed E-state index contributed by atoms with van der Waals surface area (Å²) in [5, 5.41) is 1.66. The third-order valence-electron chi connectivity index (χ3n) is 10.3. The lowest BCUT2D eigenvalue weighted by Crippen LogP contribution is -2.34. The van der Waals surface area contributed by atoms with Crippen molar-refractivity contribution in [3.8, 4) is 35.3 Å². The molecule has 3 aliphatic rings. The van der Waals surface area contributed by atoms with Gasteiger partial charge < -0.3 is 0 Å². The number of terminal acetylenes is 1. The van der Waals surface area contributed by atoms with Gasteiger partial charge in [0, 0.05) is 19.3 Å². The summed E-state index contributed by atoms with van der Waals surface area (Å²) < 4.78 is 0. The molecule has 0 aromatic heterocycles. The summed E-state index contributed by atoms with van der Waals surface area (Å²) in [4.78, 5) is 0. The van der Waals surface area contributed by atoms with E-state index in [0.29, 0.717) is 20.2 Å². The van der Waals surface area contributed by atoms with Crippen LogP contribution in [0.1, 0.15) is 199 Å². The van der Waals surface area contributed by atoms with E-state index in [0.717, 1.165) is 37.0 Å². The Morgan fingerprint density at radius 1 is 0.422 bits per heavy atom. The second kappa shape index (κ2) is 20.5. The molecule has 0 atom stereocenters. The van der Waals surface area contributed by atoms with Crippen molar-refractivity contribution in [3.63, 3.8) is 0 Å². The SMILES string of the molecule is C#CCC1CCCCC1.CC(C)(C)[SiH](C#CCC1CCCCC1)C(C)(C)C.CC(C)(C)[SiH](C#CCC1CCCCC1)C(C)(C)C. The maximum Gasteiger partial charge on any atom is 0.133 e.